The summed E-state index contributed by atoms with van der Waals surface area (Å²) in [6, 6.07) is 1.05. The van der Waals surface area contributed by atoms with Crippen molar-refractivity contribution >= 4 is 5.96 Å². The molecule has 102 valence electrons. The molecular weight excluding hydrogens is 212 g/mol. The molecule has 0 aromatic carbocycles. The van der Waals surface area contributed by atoms with Gasteiger partial charge in [0, 0.05) is 25.2 Å². The van der Waals surface area contributed by atoms with Gasteiger partial charge in [-0.25, -0.2) is 0 Å². The molecule has 2 N–H and O–H groups in total. The van der Waals surface area contributed by atoms with Gasteiger partial charge in [0.2, 0.25) is 0 Å². The summed E-state index contributed by atoms with van der Waals surface area (Å²) in [6.07, 6.45) is 1.19. The van der Waals surface area contributed by atoms with Crippen molar-refractivity contribution in [3.63, 3.8) is 0 Å². The van der Waals surface area contributed by atoms with Crippen LogP contribution in [0.1, 0.15) is 41.0 Å². The third kappa shape index (κ3) is 8.02. The zero-order valence-corrected chi connectivity index (χ0v) is 12.4. The smallest absolute Gasteiger partial charge is 0.191 e. The molecule has 1 atom stereocenters. The molecule has 4 nitrogen and oxygen atoms in total. The Morgan fingerprint density at radius 2 is 1.88 bits per heavy atom. The van der Waals surface area contributed by atoms with Crippen LogP contribution in [0.5, 0.6) is 0 Å². The average molecular weight is 242 g/mol. The molecule has 0 saturated heterocycles. The van der Waals surface area contributed by atoms with Crippen molar-refractivity contribution in [2.24, 2.45) is 4.99 Å². The number of nitrogens with zero attached hydrogens (tertiary/aromatic N) is 2. The van der Waals surface area contributed by atoms with Gasteiger partial charge in [-0.05, 0) is 41.2 Å². The van der Waals surface area contributed by atoms with Crippen LogP contribution in [0.3, 0.4) is 0 Å². The van der Waals surface area contributed by atoms with Crippen molar-refractivity contribution in [2.45, 2.75) is 53.1 Å². The maximum atomic E-state index is 4.56. The highest BCUT2D eigenvalue weighted by Gasteiger charge is 2.05. The molecule has 0 rings (SSSR count). The highest BCUT2D eigenvalue weighted by molar-refractivity contribution is 5.79. The van der Waals surface area contributed by atoms with Gasteiger partial charge in [-0.1, -0.05) is 6.92 Å². The fraction of sp³-hybridized carbons (Fsp3) is 0.923. The monoisotopic (exact) mass is 242 g/mol. The third-order valence-corrected chi connectivity index (χ3v) is 2.84. The van der Waals surface area contributed by atoms with Gasteiger partial charge in [-0.2, -0.15) is 0 Å². The van der Waals surface area contributed by atoms with Gasteiger partial charge in [-0.15, -0.1) is 0 Å². The van der Waals surface area contributed by atoms with Crippen LogP contribution in [0.25, 0.3) is 0 Å². The molecule has 0 aliphatic carbocycles. The van der Waals surface area contributed by atoms with E-state index >= 15 is 0 Å². The van der Waals surface area contributed by atoms with E-state index in [4.69, 9.17) is 0 Å². The Hall–Kier alpha value is -0.770. The topological polar surface area (TPSA) is 39.7 Å². The predicted octanol–water partition coefficient (Wildman–Crippen LogP) is 1.68. The highest BCUT2D eigenvalue weighted by Crippen LogP contribution is 1.98. The van der Waals surface area contributed by atoms with E-state index in [0.717, 1.165) is 25.6 Å². The van der Waals surface area contributed by atoms with Crippen molar-refractivity contribution in [1.82, 2.24) is 15.5 Å². The van der Waals surface area contributed by atoms with Crippen LogP contribution in [0.4, 0.5) is 0 Å². The molecule has 1 unspecified atom stereocenters. The second-order valence-electron chi connectivity index (χ2n) is 4.80. The summed E-state index contributed by atoms with van der Waals surface area (Å²) in [5.41, 5.74) is 0. The summed E-state index contributed by atoms with van der Waals surface area (Å²) in [5, 5.41) is 6.57. The maximum absolute atomic E-state index is 4.56. The SMILES string of the molecule is CCNC(=NCCN(C)C(C)CC)NC(C)C. The first kappa shape index (κ1) is 16.2. The lowest BCUT2D eigenvalue weighted by Gasteiger charge is -2.22. The Morgan fingerprint density at radius 3 is 2.35 bits per heavy atom. The largest absolute Gasteiger partial charge is 0.357 e. The summed E-state index contributed by atoms with van der Waals surface area (Å²) in [7, 11) is 2.16. The number of likely N-dealkylation sites (N-methyl/N-ethyl adjacent to an activating group) is 1. The maximum Gasteiger partial charge on any atom is 0.191 e. The molecule has 0 heterocycles. The summed E-state index contributed by atoms with van der Waals surface area (Å²) in [5.74, 6) is 0.917. The minimum atomic E-state index is 0.417. The first-order valence-electron chi connectivity index (χ1n) is 6.76. The van der Waals surface area contributed by atoms with E-state index in [1.165, 1.54) is 6.42 Å². The van der Waals surface area contributed by atoms with Gasteiger partial charge in [0.1, 0.15) is 0 Å². The Morgan fingerprint density at radius 1 is 1.24 bits per heavy atom. The fourth-order valence-electron chi connectivity index (χ4n) is 1.45. The van der Waals surface area contributed by atoms with E-state index in [9.17, 15) is 0 Å². The molecule has 0 fully saturated rings. The van der Waals surface area contributed by atoms with Gasteiger partial charge in [0.05, 0.1) is 6.54 Å². The predicted molar refractivity (Wildman–Crippen MR) is 76.6 cm³/mol. The normalized spacial score (nSPS) is 14.2. The standard InChI is InChI=1S/C13H30N4/c1-7-12(5)17(6)10-9-15-13(14-8-2)16-11(3)4/h11-12H,7-10H2,1-6H3,(H2,14,15,16). The quantitative estimate of drug-likeness (QED) is 0.527. The van der Waals surface area contributed by atoms with Crippen LogP contribution in [-0.2, 0) is 0 Å². The zero-order valence-electron chi connectivity index (χ0n) is 12.4. The molecule has 0 aromatic heterocycles. The lowest BCUT2D eigenvalue weighted by Crippen LogP contribution is -2.41. The Kier molecular flexibility index (Phi) is 8.86. The van der Waals surface area contributed by atoms with E-state index in [0.29, 0.717) is 12.1 Å². The van der Waals surface area contributed by atoms with Crippen LogP contribution in [0, 0.1) is 0 Å². The van der Waals surface area contributed by atoms with Crippen molar-refractivity contribution in [1.29, 1.82) is 0 Å². The van der Waals surface area contributed by atoms with Gasteiger partial charge in [-0.3, -0.25) is 4.99 Å². The number of aliphatic imine (C=N–C) groups is 1. The summed E-state index contributed by atoms with van der Waals surface area (Å²) in [4.78, 5) is 6.91. The molecule has 0 bridgehead atoms. The van der Waals surface area contributed by atoms with Crippen LogP contribution in [-0.4, -0.2) is 49.6 Å². The molecule has 0 amide bonds. The zero-order chi connectivity index (χ0) is 13.3. The number of guanidine groups is 1. The molecule has 4 heteroatoms. The van der Waals surface area contributed by atoms with Crippen LogP contribution >= 0.6 is 0 Å². The number of nitrogens with one attached hydrogen (secondary N) is 2. The van der Waals surface area contributed by atoms with Gasteiger partial charge >= 0.3 is 0 Å². The van der Waals surface area contributed by atoms with E-state index in [1.54, 1.807) is 0 Å². The molecule has 0 spiro atoms. The Labute approximate surface area is 107 Å². The highest BCUT2D eigenvalue weighted by atomic mass is 15.2. The number of hydrogen-bond acceptors (Lipinski definition) is 2. The third-order valence-electron chi connectivity index (χ3n) is 2.84. The number of rotatable bonds is 7. The average Bonchev–Trinajstić information content (AvgIpc) is 2.27. The second-order valence-corrected chi connectivity index (χ2v) is 4.80. The summed E-state index contributed by atoms with van der Waals surface area (Å²) < 4.78 is 0. The minimum Gasteiger partial charge on any atom is -0.357 e. The molecule has 0 saturated carbocycles. The van der Waals surface area contributed by atoms with Crippen molar-refractivity contribution in [2.75, 3.05) is 26.7 Å². The Bertz CT molecular complexity index is 213. The van der Waals surface area contributed by atoms with E-state index in [2.05, 4.69) is 62.2 Å². The van der Waals surface area contributed by atoms with Gasteiger partial charge in [0.15, 0.2) is 5.96 Å². The van der Waals surface area contributed by atoms with Crippen LogP contribution < -0.4 is 10.6 Å². The van der Waals surface area contributed by atoms with Crippen LogP contribution in [0.2, 0.25) is 0 Å². The molecular formula is C13H30N4. The van der Waals surface area contributed by atoms with Crippen molar-refractivity contribution < 1.29 is 0 Å². The molecule has 0 aliphatic rings. The minimum absolute atomic E-state index is 0.417. The van der Waals surface area contributed by atoms with E-state index in [-0.39, 0.29) is 0 Å². The van der Waals surface area contributed by atoms with Gasteiger partial charge < -0.3 is 15.5 Å². The van der Waals surface area contributed by atoms with E-state index in [1.807, 2.05) is 0 Å². The first-order chi connectivity index (χ1) is 8.01. The molecule has 0 radical (unpaired) electrons. The van der Waals surface area contributed by atoms with E-state index < -0.39 is 0 Å². The summed E-state index contributed by atoms with van der Waals surface area (Å²) >= 11 is 0. The van der Waals surface area contributed by atoms with Crippen molar-refractivity contribution in [3.8, 4) is 0 Å². The second kappa shape index (κ2) is 9.28. The molecule has 0 aromatic rings. The Balaban J connectivity index is 4.06. The lowest BCUT2D eigenvalue weighted by molar-refractivity contribution is 0.259. The molecule has 0 aliphatic heterocycles. The van der Waals surface area contributed by atoms with Gasteiger partial charge in [0.25, 0.3) is 0 Å². The van der Waals surface area contributed by atoms with Crippen LogP contribution in [0.15, 0.2) is 4.99 Å². The van der Waals surface area contributed by atoms with Crippen molar-refractivity contribution in [3.05, 3.63) is 0 Å². The molecule has 17 heavy (non-hydrogen) atoms. The first-order valence-corrected chi connectivity index (χ1v) is 6.76. The lowest BCUT2D eigenvalue weighted by atomic mass is 10.2. The fourth-order valence-corrected chi connectivity index (χ4v) is 1.45. The summed E-state index contributed by atoms with van der Waals surface area (Å²) in [6.45, 7) is 13.5. The number of hydrogen-bond donors (Lipinski definition) is 2.